The maximum absolute atomic E-state index is 12.1. The molecule has 1 aromatic rings. The van der Waals surface area contributed by atoms with E-state index >= 15 is 0 Å². The molecule has 0 radical (unpaired) electrons. The van der Waals surface area contributed by atoms with E-state index < -0.39 is 0 Å². The number of rotatable bonds is 5. The van der Waals surface area contributed by atoms with E-state index in [1.807, 2.05) is 19.1 Å². The zero-order valence-corrected chi connectivity index (χ0v) is 14.8. The lowest BCUT2D eigenvalue weighted by molar-refractivity contribution is -0.136. The molecule has 0 saturated carbocycles. The first kappa shape index (κ1) is 17.3. The lowest BCUT2D eigenvalue weighted by Crippen LogP contribution is -2.45. The molecule has 0 amide bonds. The first-order chi connectivity index (χ1) is 11.0. The summed E-state index contributed by atoms with van der Waals surface area (Å²) in [5.41, 5.74) is 3.41. The molecule has 1 aromatic carbocycles. The summed E-state index contributed by atoms with van der Waals surface area (Å²) in [6.07, 6.45) is 0. The Morgan fingerprint density at radius 2 is 1.87 bits per heavy atom. The zero-order valence-electron chi connectivity index (χ0n) is 14.0. The maximum Gasteiger partial charge on any atom is 0.337 e. The topological polar surface area (TPSA) is 53.6 Å². The largest absolute Gasteiger partial charge is 0.466 e. The standard InChI is InChI=1S/C17H23N3O2S/c1-5-20(6-2)13-9-7-12(8-10-13)15-14(16(21)22-4)11(3)18-17(23)19-15/h7-10,15H,5-6H2,1-4H3,(H2,18,19,23)/t15-/m1/s1. The van der Waals surface area contributed by atoms with Crippen LogP contribution in [0.2, 0.25) is 0 Å². The number of allylic oxidation sites excluding steroid dienone is 1. The summed E-state index contributed by atoms with van der Waals surface area (Å²) in [5.74, 6) is -0.359. The number of hydrogen-bond acceptors (Lipinski definition) is 4. The van der Waals surface area contributed by atoms with Crippen LogP contribution in [0.4, 0.5) is 5.69 Å². The van der Waals surface area contributed by atoms with Gasteiger partial charge in [-0.1, -0.05) is 12.1 Å². The van der Waals surface area contributed by atoms with Crippen LogP contribution in [0.25, 0.3) is 0 Å². The van der Waals surface area contributed by atoms with Crippen LogP contribution in [0.5, 0.6) is 0 Å². The number of carbonyl (C=O) groups is 1. The minimum absolute atomic E-state index is 0.304. The van der Waals surface area contributed by atoms with E-state index in [0.717, 1.165) is 30.0 Å². The molecule has 1 heterocycles. The van der Waals surface area contributed by atoms with Crippen molar-refractivity contribution in [1.82, 2.24) is 10.6 Å². The molecule has 0 aliphatic carbocycles. The maximum atomic E-state index is 12.1. The monoisotopic (exact) mass is 333 g/mol. The Kier molecular flexibility index (Phi) is 5.60. The molecule has 1 aliphatic heterocycles. The minimum atomic E-state index is -0.359. The number of esters is 1. The molecule has 0 saturated heterocycles. The fourth-order valence-corrected chi connectivity index (χ4v) is 3.06. The predicted octanol–water partition coefficient (Wildman–Crippen LogP) is 2.50. The van der Waals surface area contributed by atoms with Gasteiger partial charge in [-0.25, -0.2) is 4.79 Å². The van der Waals surface area contributed by atoms with Gasteiger partial charge in [0.1, 0.15) is 0 Å². The van der Waals surface area contributed by atoms with E-state index in [1.54, 1.807) is 0 Å². The Balaban J connectivity index is 2.36. The Hall–Kier alpha value is -2.08. The van der Waals surface area contributed by atoms with Crippen LogP contribution in [0.3, 0.4) is 0 Å². The normalized spacial score (nSPS) is 17.4. The summed E-state index contributed by atoms with van der Waals surface area (Å²) in [5, 5.41) is 6.64. The number of methoxy groups -OCH3 is 1. The fraction of sp³-hybridized carbons (Fsp3) is 0.412. The average molecular weight is 333 g/mol. The molecule has 1 atom stereocenters. The zero-order chi connectivity index (χ0) is 17.0. The number of hydrogen-bond donors (Lipinski definition) is 2. The molecule has 6 heteroatoms. The van der Waals surface area contributed by atoms with Crippen LogP contribution in [0.1, 0.15) is 32.4 Å². The summed E-state index contributed by atoms with van der Waals surface area (Å²) in [4.78, 5) is 14.4. The van der Waals surface area contributed by atoms with Crippen molar-refractivity contribution in [3.8, 4) is 0 Å². The second-order valence-corrected chi connectivity index (χ2v) is 5.73. The minimum Gasteiger partial charge on any atom is -0.466 e. The number of nitrogens with zero attached hydrogens (tertiary/aromatic N) is 1. The van der Waals surface area contributed by atoms with Crippen molar-refractivity contribution < 1.29 is 9.53 Å². The van der Waals surface area contributed by atoms with Crippen molar-refractivity contribution in [2.75, 3.05) is 25.1 Å². The first-order valence-electron chi connectivity index (χ1n) is 7.73. The smallest absolute Gasteiger partial charge is 0.337 e. The summed E-state index contributed by atoms with van der Waals surface area (Å²) < 4.78 is 4.92. The van der Waals surface area contributed by atoms with E-state index in [-0.39, 0.29) is 12.0 Å². The molecule has 1 aliphatic rings. The molecular formula is C17H23N3O2S. The Morgan fingerprint density at radius 1 is 1.26 bits per heavy atom. The number of ether oxygens (including phenoxy) is 1. The highest BCUT2D eigenvalue weighted by Gasteiger charge is 2.30. The fourth-order valence-electron chi connectivity index (χ4n) is 2.79. The number of benzene rings is 1. The van der Waals surface area contributed by atoms with Gasteiger partial charge in [0, 0.05) is 24.5 Å². The van der Waals surface area contributed by atoms with Gasteiger partial charge < -0.3 is 20.3 Å². The van der Waals surface area contributed by atoms with Gasteiger partial charge in [0.05, 0.1) is 18.7 Å². The van der Waals surface area contributed by atoms with E-state index in [4.69, 9.17) is 17.0 Å². The highest BCUT2D eigenvalue weighted by Crippen LogP contribution is 2.29. The van der Waals surface area contributed by atoms with Crippen LogP contribution in [-0.4, -0.2) is 31.3 Å². The van der Waals surface area contributed by atoms with Crippen molar-refractivity contribution in [1.29, 1.82) is 0 Å². The van der Waals surface area contributed by atoms with Crippen molar-refractivity contribution in [2.24, 2.45) is 0 Å². The number of carbonyl (C=O) groups excluding carboxylic acids is 1. The number of anilines is 1. The summed E-state index contributed by atoms with van der Waals surface area (Å²) in [7, 11) is 1.38. The van der Waals surface area contributed by atoms with Gasteiger partial charge in [0.25, 0.3) is 0 Å². The number of nitrogens with one attached hydrogen (secondary N) is 2. The van der Waals surface area contributed by atoms with Crippen molar-refractivity contribution in [3.05, 3.63) is 41.1 Å². The summed E-state index contributed by atoms with van der Waals surface area (Å²) in [6, 6.07) is 7.88. The third-order valence-corrected chi connectivity index (χ3v) is 4.25. The molecule has 124 valence electrons. The Bertz CT molecular complexity index is 621. The van der Waals surface area contributed by atoms with E-state index in [2.05, 4.69) is 41.5 Å². The van der Waals surface area contributed by atoms with Crippen LogP contribution in [-0.2, 0) is 9.53 Å². The molecule has 0 aromatic heterocycles. The first-order valence-corrected chi connectivity index (χ1v) is 8.14. The lowest BCUT2D eigenvalue weighted by atomic mass is 9.95. The molecule has 2 N–H and O–H groups in total. The second-order valence-electron chi connectivity index (χ2n) is 5.33. The summed E-state index contributed by atoms with van der Waals surface area (Å²) in [6.45, 7) is 8.00. The quantitative estimate of drug-likeness (QED) is 0.638. The summed E-state index contributed by atoms with van der Waals surface area (Å²) >= 11 is 5.22. The van der Waals surface area contributed by atoms with Crippen LogP contribution in [0.15, 0.2) is 35.5 Å². The van der Waals surface area contributed by atoms with Gasteiger partial charge in [-0.15, -0.1) is 0 Å². The van der Waals surface area contributed by atoms with Crippen molar-refractivity contribution in [3.63, 3.8) is 0 Å². The number of thiocarbonyl (C=S) groups is 1. The second kappa shape index (κ2) is 7.46. The van der Waals surface area contributed by atoms with Crippen LogP contribution < -0.4 is 15.5 Å². The Morgan fingerprint density at radius 3 is 2.39 bits per heavy atom. The molecule has 0 fully saturated rings. The SMILES string of the molecule is CCN(CC)c1ccc([C@H]2NC(=S)NC(C)=C2C(=O)OC)cc1. The van der Waals surface area contributed by atoms with E-state index in [9.17, 15) is 4.79 Å². The van der Waals surface area contributed by atoms with Gasteiger partial charge in [-0.3, -0.25) is 0 Å². The van der Waals surface area contributed by atoms with E-state index in [0.29, 0.717) is 10.7 Å². The highest BCUT2D eigenvalue weighted by atomic mass is 32.1. The third kappa shape index (κ3) is 3.64. The van der Waals surface area contributed by atoms with Gasteiger partial charge in [-0.05, 0) is 50.7 Å². The molecule has 2 rings (SSSR count). The van der Waals surface area contributed by atoms with E-state index in [1.165, 1.54) is 7.11 Å². The molecule has 0 spiro atoms. The highest BCUT2D eigenvalue weighted by molar-refractivity contribution is 7.80. The van der Waals surface area contributed by atoms with Gasteiger partial charge >= 0.3 is 5.97 Å². The van der Waals surface area contributed by atoms with Gasteiger partial charge in [0.2, 0.25) is 0 Å². The van der Waals surface area contributed by atoms with Crippen molar-refractivity contribution >= 4 is 29.0 Å². The molecule has 0 unspecified atom stereocenters. The van der Waals surface area contributed by atoms with Gasteiger partial charge in [0.15, 0.2) is 5.11 Å². The van der Waals surface area contributed by atoms with Gasteiger partial charge in [-0.2, -0.15) is 0 Å². The molecule has 5 nitrogen and oxygen atoms in total. The third-order valence-electron chi connectivity index (χ3n) is 4.03. The lowest BCUT2D eigenvalue weighted by Gasteiger charge is -2.30. The predicted molar refractivity (Wildman–Crippen MR) is 96.3 cm³/mol. The molecule has 23 heavy (non-hydrogen) atoms. The average Bonchev–Trinajstić information content (AvgIpc) is 2.55. The van der Waals surface area contributed by atoms with Crippen LogP contribution in [0, 0.1) is 0 Å². The molecular weight excluding hydrogens is 310 g/mol. The Labute approximate surface area is 142 Å². The molecule has 0 bridgehead atoms. The van der Waals surface area contributed by atoms with Crippen molar-refractivity contribution in [2.45, 2.75) is 26.8 Å². The van der Waals surface area contributed by atoms with Crippen LogP contribution >= 0.6 is 12.2 Å².